The first kappa shape index (κ1) is 15.4. The van der Waals surface area contributed by atoms with Gasteiger partial charge in [-0.15, -0.1) is 11.6 Å². The minimum Gasteiger partial charge on any atom is -0.487 e. The van der Waals surface area contributed by atoms with Gasteiger partial charge >= 0.3 is 0 Å². The van der Waals surface area contributed by atoms with Crippen LogP contribution >= 0.6 is 11.6 Å². The molecule has 5 nitrogen and oxygen atoms in total. The molecule has 0 radical (unpaired) electrons. The van der Waals surface area contributed by atoms with Crippen molar-refractivity contribution >= 4 is 11.6 Å². The predicted octanol–water partition coefficient (Wildman–Crippen LogP) is 1.32. The Morgan fingerprint density at radius 1 is 1.40 bits per heavy atom. The molecule has 112 valence electrons. The van der Waals surface area contributed by atoms with E-state index in [2.05, 4.69) is 4.90 Å². The van der Waals surface area contributed by atoms with E-state index in [1.54, 1.807) is 12.3 Å². The first-order chi connectivity index (χ1) is 9.74. The van der Waals surface area contributed by atoms with Crippen molar-refractivity contribution < 1.29 is 9.47 Å². The van der Waals surface area contributed by atoms with Gasteiger partial charge in [0.1, 0.15) is 6.61 Å². The fourth-order valence-corrected chi connectivity index (χ4v) is 2.45. The van der Waals surface area contributed by atoms with Crippen LogP contribution in [0.5, 0.6) is 5.75 Å². The molecule has 1 aliphatic rings. The quantitative estimate of drug-likeness (QED) is 0.743. The molecule has 0 unspecified atom stereocenters. The second kappa shape index (κ2) is 7.67. The highest BCUT2D eigenvalue weighted by molar-refractivity contribution is 6.16. The van der Waals surface area contributed by atoms with Gasteiger partial charge in [0.15, 0.2) is 5.75 Å². The van der Waals surface area contributed by atoms with Crippen LogP contribution < -0.4 is 10.2 Å². The Morgan fingerprint density at radius 3 is 2.80 bits per heavy atom. The number of halogens is 1. The van der Waals surface area contributed by atoms with E-state index in [1.807, 2.05) is 11.5 Å². The van der Waals surface area contributed by atoms with Crippen LogP contribution in [0.1, 0.15) is 12.6 Å². The summed E-state index contributed by atoms with van der Waals surface area (Å²) in [7, 11) is 0. The van der Waals surface area contributed by atoms with Gasteiger partial charge in [-0.3, -0.25) is 9.69 Å². The topological polar surface area (TPSA) is 43.7 Å². The fraction of sp³-hybridized carbons (Fsp3) is 0.643. The molecule has 1 fully saturated rings. The summed E-state index contributed by atoms with van der Waals surface area (Å²) in [6.07, 6.45) is 1.75. The van der Waals surface area contributed by atoms with Gasteiger partial charge < -0.3 is 14.0 Å². The molecule has 0 aliphatic carbocycles. The molecular formula is C14H21ClN2O3. The summed E-state index contributed by atoms with van der Waals surface area (Å²) in [5.74, 6) is 0.728. The van der Waals surface area contributed by atoms with Gasteiger partial charge in [-0.2, -0.15) is 0 Å². The van der Waals surface area contributed by atoms with E-state index in [0.717, 1.165) is 45.1 Å². The van der Waals surface area contributed by atoms with Gasteiger partial charge in [0.25, 0.3) is 0 Å². The SMILES string of the molecule is CCn1cc(OCCN2CCOCC2)c(=O)cc1CCl. The van der Waals surface area contributed by atoms with Gasteiger partial charge in [0, 0.05) is 37.9 Å². The highest BCUT2D eigenvalue weighted by Crippen LogP contribution is 2.09. The summed E-state index contributed by atoms with van der Waals surface area (Å²) in [5, 5.41) is 0. The molecule has 1 aliphatic heterocycles. The van der Waals surface area contributed by atoms with Crippen LogP contribution in [-0.4, -0.2) is 48.9 Å². The second-order valence-electron chi connectivity index (χ2n) is 4.72. The summed E-state index contributed by atoms with van der Waals surface area (Å²) < 4.78 is 12.9. The molecular weight excluding hydrogens is 280 g/mol. The fourth-order valence-electron chi connectivity index (χ4n) is 2.22. The number of pyridine rings is 1. The van der Waals surface area contributed by atoms with Crippen molar-refractivity contribution in [2.24, 2.45) is 0 Å². The average molecular weight is 301 g/mol. The van der Waals surface area contributed by atoms with Crippen molar-refractivity contribution in [3.05, 3.63) is 28.2 Å². The zero-order valence-corrected chi connectivity index (χ0v) is 12.6. The number of rotatable bonds is 6. The van der Waals surface area contributed by atoms with Crippen LogP contribution in [-0.2, 0) is 17.2 Å². The lowest BCUT2D eigenvalue weighted by molar-refractivity contribution is 0.0321. The van der Waals surface area contributed by atoms with Gasteiger partial charge in [0.05, 0.1) is 25.3 Å². The number of aryl methyl sites for hydroxylation is 1. The molecule has 1 saturated heterocycles. The van der Waals surface area contributed by atoms with Crippen molar-refractivity contribution in [1.82, 2.24) is 9.47 Å². The van der Waals surface area contributed by atoms with Gasteiger partial charge in [0.2, 0.25) is 5.43 Å². The highest BCUT2D eigenvalue weighted by atomic mass is 35.5. The molecule has 0 spiro atoms. The number of ether oxygens (including phenoxy) is 2. The summed E-state index contributed by atoms with van der Waals surface area (Å²) in [5.41, 5.74) is 0.715. The monoisotopic (exact) mass is 300 g/mol. The van der Waals surface area contributed by atoms with Crippen molar-refractivity contribution in [3.8, 4) is 5.75 Å². The van der Waals surface area contributed by atoms with Crippen molar-refractivity contribution in [3.63, 3.8) is 0 Å². The van der Waals surface area contributed by atoms with Crippen LogP contribution in [0.15, 0.2) is 17.1 Å². The third-order valence-corrected chi connectivity index (χ3v) is 3.70. The zero-order valence-electron chi connectivity index (χ0n) is 11.8. The molecule has 1 aromatic heterocycles. The van der Waals surface area contributed by atoms with E-state index in [0.29, 0.717) is 18.2 Å². The van der Waals surface area contributed by atoms with E-state index in [9.17, 15) is 4.79 Å². The third kappa shape index (κ3) is 3.98. The molecule has 0 atom stereocenters. The minimum absolute atomic E-state index is 0.104. The van der Waals surface area contributed by atoms with Gasteiger partial charge in [-0.1, -0.05) is 0 Å². The Hall–Kier alpha value is -1.04. The van der Waals surface area contributed by atoms with E-state index >= 15 is 0 Å². The van der Waals surface area contributed by atoms with E-state index in [1.165, 1.54) is 0 Å². The summed E-state index contributed by atoms with van der Waals surface area (Å²) >= 11 is 5.82. The minimum atomic E-state index is -0.104. The summed E-state index contributed by atoms with van der Waals surface area (Å²) in [6.45, 7) is 7.49. The van der Waals surface area contributed by atoms with Crippen molar-refractivity contribution in [2.75, 3.05) is 39.5 Å². The number of aromatic nitrogens is 1. The van der Waals surface area contributed by atoms with Crippen LogP contribution in [0.25, 0.3) is 0 Å². The molecule has 6 heteroatoms. The smallest absolute Gasteiger partial charge is 0.223 e. The standard InChI is InChI=1S/C14H21ClN2O3/c1-2-17-11-14(13(18)9-12(17)10-15)20-8-5-16-3-6-19-7-4-16/h9,11H,2-8,10H2,1H3. The maximum atomic E-state index is 11.9. The predicted molar refractivity (Wildman–Crippen MR) is 78.7 cm³/mol. The van der Waals surface area contributed by atoms with Crippen molar-refractivity contribution in [2.45, 2.75) is 19.3 Å². The number of alkyl halides is 1. The Morgan fingerprint density at radius 2 is 2.15 bits per heavy atom. The average Bonchev–Trinajstić information content (AvgIpc) is 2.49. The van der Waals surface area contributed by atoms with E-state index in [-0.39, 0.29) is 5.43 Å². The molecule has 0 amide bonds. The van der Waals surface area contributed by atoms with Crippen LogP contribution in [0, 0.1) is 0 Å². The Bertz CT molecular complexity index is 484. The second-order valence-corrected chi connectivity index (χ2v) is 4.98. The first-order valence-corrected chi connectivity index (χ1v) is 7.50. The molecule has 1 aromatic rings. The molecule has 0 bridgehead atoms. The Kier molecular flexibility index (Phi) is 5.88. The molecule has 2 rings (SSSR count). The number of nitrogens with zero attached hydrogens (tertiary/aromatic N) is 2. The molecule has 0 N–H and O–H groups in total. The maximum Gasteiger partial charge on any atom is 0.223 e. The van der Waals surface area contributed by atoms with Crippen LogP contribution in [0.3, 0.4) is 0 Å². The normalized spacial score (nSPS) is 16.3. The summed E-state index contributed by atoms with van der Waals surface area (Å²) in [4.78, 5) is 14.2. The molecule has 20 heavy (non-hydrogen) atoms. The van der Waals surface area contributed by atoms with Crippen LogP contribution in [0.4, 0.5) is 0 Å². The maximum absolute atomic E-state index is 11.9. The van der Waals surface area contributed by atoms with Gasteiger partial charge in [-0.05, 0) is 6.92 Å². The van der Waals surface area contributed by atoms with Gasteiger partial charge in [-0.25, -0.2) is 0 Å². The third-order valence-electron chi connectivity index (χ3n) is 3.43. The lowest BCUT2D eigenvalue weighted by Gasteiger charge is -2.26. The highest BCUT2D eigenvalue weighted by Gasteiger charge is 2.11. The molecule has 0 saturated carbocycles. The number of hydrogen-bond donors (Lipinski definition) is 0. The zero-order chi connectivity index (χ0) is 14.4. The summed E-state index contributed by atoms with van der Waals surface area (Å²) in [6, 6.07) is 1.56. The molecule has 2 heterocycles. The first-order valence-electron chi connectivity index (χ1n) is 6.96. The van der Waals surface area contributed by atoms with Crippen LogP contribution in [0.2, 0.25) is 0 Å². The number of morpholine rings is 1. The van der Waals surface area contributed by atoms with Crippen molar-refractivity contribution in [1.29, 1.82) is 0 Å². The van der Waals surface area contributed by atoms with E-state index < -0.39 is 0 Å². The van der Waals surface area contributed by atoms with E-state index in [4.69, 9.17) is 21.1 Å². The lowest BCUT2D eigenvalue weighted by atomic mass is 10.3. The largest absolute Gasteiger partial charge is 0.487 e. The lowest BCUT2D eigenvalue weighted by Crippen LogP contribution is -2.38. The molecule has 0 aromatic carbocycles. The Labute approximate surface area is 124 Å². The number of hydrogen-bond acceptors (Lipinski definition) is 4. The Balaban J connectivity index is 1.93.